The van der Waals surface area contributed by atoms with E-state index in [9.17, 15) is 4.79 Å². The fraction of sp³-hybridized carbons (Fsp3) is 0.105. The minimum Gasteiger partial charge on any atom is -0.430 e. The molecule has 0 bridgehead atoms. The molecular weight excluding hydrogens is 467 g/mol. The second kappa shape index (κ2) is 7.58. The van der Waals surface area contributed by atoms with Crippen LogP contribution in [-0.2, 0) is 7.05 Å². The summed E-state index contributed by atoms with van der Waals surface area (Å²) in [5.74, 6) is -0.976. The highest BCUT2D eigenvalue weighted by atomic mass is 79.9. The number of fused-ring (bicyclic) bond motifs is 1. The molecule has 2 aromatic carbocycles. The van der Waals surface area contributed by atoms with Crippen molar-refractivity contribution in [2.75, 3.05) is 11.9 Å². The lowest BCUT2D eigenvalue weighted by atomic mass is 10.2. The molecule has 0 spiro atoms. The average molecular weight is 480 g/mol. The summed E-state index contributed by atoms with van der Waals surface area (Å²) in [5.41, 5.74) is 1.37. The molecule has 0 aliphatic rings. The molecule has 2 N–H and O–H groups in total. The maximum Gasteiger partial charge on any atom is 0.263 e. The predicted octanol–water partition coefficient (Wildman–Crippen LogP) is 4.70. The van der Waals surface area contributed by atoms with E-state index in [1.807, 2.05) is 0 Å². The second-order valence-electron chi connectivity index (χ2n) is 6.15. The molecule has 10 heteroatoms. The van der Waals surface area contributed by atoms with Crippen LogP contribution in [0.3, 0.4) is 0 Å². The van der Waals surface area contributed by atoms with E-state index in [0.717, 1.165) is 4.47 Å². The number of oxazole rings is 1. The summed E-state index contributed by atoms with van der Waals surface area (Å²) in [4.78, 5) is 19.8. The first kappa shape index (κ1) is 19.6. The van der Waals surface area contributed by atoms with Crippen molar-refractivity contribution in [1.29, 1.82) is 0 Å². The van der Waals surface area contributed by atoms with Crippen molar-refractivity contribution in [1.82, 2.24) is 14.5 Å². The van der Waals surface area contributed by atoms with Crippen LogP contribution in [0.15, 0.2) is 45.4 Å². The lowest BCUT2D eigenvalue weighted by molar-refractivity contribution is 0.0876. The largest absolute Gasteiger partial charge is 0.430 e. The van der Waals surface area contributed by atoms with Gasteiger partial charge >= 0.3 is 0 Å². The first-order valence-corrected chi connectivity index (χ1v) is 9.53. The summed E-state index contributed by atoms with van der Waals surface area (Å²) < 4.78 is 22.9. The van der Waals surface area contributed by atoms with Crippen LogP contribution in [0.5, 0.6) is 0 Å². The van der Waals surface area contributed by atoms with Gasteiger partial charge < -0.3 is 19.4 Å². The third-order valence-electron chi connectivity index (χ3n) is 4.31. The average Bonchev–Trinajstić information content (AvgIpc) is 3.31. The van der Waals surface area contributed by atoms with Gasteiger partial charge in [-0.25, -0.2) is 14.4 Å². The maximum atomic E-state index is 15.1. The van der Waals surface area contributed by atoms with Gasteiger partial charge in [-0.3, -0.25) is 4.79 Å². The summed E-state index contributed by atoms with van der Waals surface area (Å²) in [6.45, 7) is -0.695. The van der Waals surface area contributed by atoms with Gasteiger partial charge in [0.25, 0.3) is 5.89 Å². The Labute approximate surface area is 177 Å². The normalized spacial score (nSPS) is 11.2. The van der Waals surface area contributed by atoms with E-state index in [1.54, 1.807) is 41.9 Å². The van der Waals surface area contributed by atoms with Crippen LogP contribution >= 0.6 is 27.5 Å². The Kier molecular flexibility index (Phi) is 5.12. The number of ketones is 1. The van der Waals surface area contributed by atoms with Gasteiger partial charge in [-0.05, 0) is 30.3 Å². The lowest BCUT2D eigenvalue weighted by Gasteiger charge is -2.10. The molecule has 29 heavy (non-hydrogen) atoms. The lowest BCUT2D eigenvalue weighted by Crippen LogP contribution is -2.02. The summed E-state index contributed by atoms with van der Waals surface area (Å²) in [6, 6.07) is 8.50. The van der Waals surface area contributed by atoms with Crippen LogP contribution in [-0.4, -0.2) is 32.0 Å². The number of hydrogen-bond donors (Lipinski definition) is 2. The molecule has 0 amide bonds. The number of anilines is 2. The first-order chi connectivity index (χ1) is 13.9. The number of carbonyl (C=O) groups is 1. The van der Waals surface area contributed by atoms with Gasteiger partial charge in [-0.15, -0.1) is 0 Å². The number of nitrogens with zero attached hydrogens (tertiary/aromatic N) is 3. The van der Waals surface area contributed by atoms with Gasteiger partial charge in [0.1, 0.15) is 12.1 Å². The van der Waals surface area contributed by atoms with E-state index < -0.39 is 18.2 Å². The molecule has 0 saturated carbocycles. The second-order valence-corrected chi connectivity index (χ2v) is 7.47. The summed E-state index contributed by atoms with van der Waals surface area (Å²) >= 11 is 9.53. The minimum absolute atomic E-state index is 0.0466. The number of hydrogen-bond acceptors (Lipinski definition) is 6. The quantitative estimate of drug-likeness (QED) is 0.403. The Balaban J connectivity index is 1.75. The molecule has 0 aliphatic carbocycles. The molecule has 0 aliphatic heterocycles. The third kappa shape index (κ3) is 3.52. The van der Waals surface area contributed by atoms with E-state index in [2.05, 4.69) is 31.2 Å². The molecule has 4 rings (SSSR count). The van der Waals surface area contributed by atoms with Crippen molar-refractivity contribution in [2.24, 2.45) is 7.05 Å². The Hall–Kier alpha value is -2.75. The number of nitrogens with one attached hydrogen (secondary N) is 1. The van der Waals surface area contributed by atoms with Crippen LogP contribution in [0.2, 0.25) is 5.02 Å². The van der Waals surface area contributed by atoms with Crippen molar-refractivity contribution < 1.29 is 18.7 Å². The number of aryl methyl sites for hydroxylation is 1. The predicted molar refractivity (Wildman–Crippen MR) is 110 cm³/mol. The van der Waals surface area contributed by atoms with E-state index in [-0.39, 0.29) is 28.7 Å². The smallest absolute Gasteiger partial charge is 0.263 e. The van der Waals surface area contributed by atoms with Crippen molar-refractivity contribution in [2.45, 2.75) is 0 Å². The highest BCUT2D eigenvalue weighted by Crippen LogP contribution is 2.33. The van der Waals surface area contributed by atoms with Gasteiger partial charge in [-0.2, -0.15) is 0 Å². The molecule has 148 valence electrons. The van der Waals surface area contributed by atoms with Gasteiger partial charge in [-0.1, -0.05) is 27.5 Å². The highest BCUT2D eigenvalue weighted by Gasteiger charge is 2.21. The standard InChI is InChI=1S/C19H13BrClFN4O3/c1-26-13-5-4-12(24-11-3-2-9(20)6-10(11)21)16(22)17(13)25-18(26)19-23-7-15(29-19)14(28)8-27/h2-7,24,27H,8H2,1H3. The summed E-state index contributed by atoms with van der Waals surface area (Å²) in [5, 5.41) is 12.3. The molecule has 4 aromatic rings. The molecule has 0 saturated heterocycles. The number of Topliss-reactive ketones (excluding diaryl/α,β-unsaturated/α-hetero) is 1. The zero-order valence-corrected chi connectivity index (χ0v) is 17.3. The number of aliphatic hydroxyl groups excluding tert-OH is 1. The van der Waals surface area contributed by atoms with Crippen molar-refractivity contribution >= 4 is 55.7 Å². The zero-order chi connectivity index (χ0) is 20.7. The fourth-order valence-electron chi connectivity index (χ4n) is 2.83. The first-order valence-electron chi connectivity index (χ1n) is 8.36. The third-order valence-corrected chi connectivity index (χ3v) is 5.11. The Morgan fingerprint density at radius 1 is 1.34 bits per heavy atom. The van der Waals surface area contributed by atoms with E-state index >= 15 is 4.39 Å². The molecule has 0 fully saturated rings. The maximum absolute atomic E-state index is 15.1. The monoisotopic (exact) mass is 478 g/mol. The Bertz CT molecular complexity index is 1250. The highest BCUT2D eigenvalue weighted by molar-refractivity contribution is 9.10. The van der Waals surface area contributed by atoms with Crippen LogP contribution in [0.4, 0.5) is 15.8 Å². The molecule has 0 atom stereocenters. The van der Waals surface area contributed by atoms with Gasteiger partial charge in [0, 0.05) is 11.5 Å². The van der Waals surface area contributed by atoms with E-state index in [4.69, 9.17) is 21.1 Å². The minimum atomic E-state index is -0.695. The SMILES string of the molecule is Cn1c(-c2ncc(C(=O)CO)o2)nc2c(F)c(Nc3ccc(Br)cc3Cl)ccc21. The van der Waals surface area contributed by atoms with Crippen molar-refractivity contribution in [3.05, 3.63) is 57.6 Å². The number of aromatic nitrogens is 3. The van der Waals surface area contributed by atoms with Gasteiger partial charge in [0.2, 0.25) is 5.78 Å². The van der Waals surface area contributed by atoms with Gasteiger partial charge in [0.15, 0.2) is 17.4 Å². The van der Waals surface area contributed by atoms with Crippen molar-refractivity contribution in [3.63, 3.8) is 0 Å². The number of benzene rings is 2. The van der Waals surface area contributed by atoms with Crippen LogP contribution in [0.25, 0.3) is 22.7 Å². The number of carbonyl (C=O) groups excluding carboxylic acids is 1. The van der Waals surface area contributed by atoms with Crippen LogP contribution in [0, 0.1) is 5.82 Å². The Morgan fingerprint density at radius 2 is 2.10 bits per heavy atom. The molecule has 2 heterocycles. The molecule has 2 aromatic heterocycles. The number of rotatable bonds is 5. The Morgan fingerprint density at radius 3 is 2.83 bits per heavy atom. The van der Waals surface area contributed by atoms with E-state index in [1.165, 1.54) is 6.20 Å². The van der Waals surface area contributed by atoms with Crippen molar-refractivity contribution in [3.8, 4) is 11.7 Å². The zero-order valence-electron chi connectivity index (χ0n) is 14.9. The number of aliphatic hydroxyl groups is 1. The van der Waals surface area contributed by atoms with Gasteiger partial charge in [0.05, 0.1) is 28.1 Å². The van der Waals surface area contributed by atoms with Crippen LogP contribution < -0.4 is 5.32 Å². The summed E-state index contributed by atoms with van der Waals surface area (Å²) in [6.07, 6.45) is 1.20. The topological polar surface area (TPSA) is 93.2 Å². The molecule has 7 nitrogen and oxygen atoms in total. The molecule has 0 radical (unpaired) electrons. The fourth-order valence-corrected chi connectivity index (χ4v) is 3.56. The summed E-state index contributed by atoms with van der Waals surface area (Å²) in [7, 11) is 1.68. The molecule has 0 unspecified atom stereocenters. The number of imidazole rings is 1. The van der Waals surface area contributed by atoms with E-state index in [0.29, 0.717) is 16.2 Å². The molecular formula is C19H13BrClFN4O3. The van der Waals surface area contributed by atoms with Crippen LogP contribution in [0.1, 0.15) is 10.6 Å². The number of halogens is 3.